The molecule has 0 spiro atoms. The van der Waals surface area contributed by atoms with Gasteiger partial charge in [0.2, 0.25) is 0 Å². The summed E-state index contributed by atoms with van der Waals surface area (Å²) in [4.78, 5) is 22.6. The minimum Gasteiger partial charge on any atom is -0.489 e. The molecule has 8 nitrogen and oxygen atoms in total. The number of halogens is 1. The molecule has 0 bridgehead atoms. The highest BCUT2D eigenvalue weighted by molar-refractivity contribution is 9.10. The highest BCUT2D eigenvalue weighted by Crippen LogP contribution is 2.26. The van der Waals surface area contributed by atoms with Crippen LogP contribution in [0.2, 0.25) is 0 Å². The second-order valence-corrected chi connectivity index (χ2v) is 6.42. The van der Waals surface area contributed by atoms with Crippen molar-refractivity contribution >= 4 is 33.7 Å². The van der Waals surface area contributed by atoms with Crippen molar-refractivity contribution in [1.29, 1.82) is 0 Å². The summed E-state index contributed by atoms with van der Waals surface area (Å²) in [7, 11) is 0. The SMILES string of the molecule is C=CCOc1ccc(Br)cc1C=NNC(=O)C(C)Oc1ccccc1[N+](=O)[O-]. The highest BCUT2D eigenvalue weighted by atomic mass is 79.9. The number of para-hydroxylation sites is 2. The number of hydrogen-bond acceptors (Lipinski definition) is 6. The number of carbonyl (C=O) groups excluding carboxylic acids is 1. The number of ether oxygens (including phenoxy) is 2. The molecule has 1 N–H and O–H groups in total. The Morgan fingerprint density at radius 3 is 2.82 bits per heavy atom. The molecule has 1 unspecified atom stereocenters. The smallest absolute Gasteiger partial charge is 0.310 e. The number of carbonyl (C=O) groups is 1. The summed E-state index contributed by atoms with van der Waals surface area (Å²) in [6.45, 7) is 5.40. The van der Waals surface area contributed by atoms with Crippen LogP contribution in [0.1, 0.15) is 12.5 Å². The molecule has 2 aromatic rings. The van der Waals surface area contributed by atoms with Gasteiger partial charge in [0, 0.05) is 16.1 Å². The van der Waals surface area contributed by atoms with Gasteiger partial charge >= 0.3 is 5.69 Å². The van der Waals surface area contributed by atoms with E-state index in [0.29, 0.717) is 17.9 Å². The first-order valence-electron chi connectivity index (χ1n) is 8.18. The third-order valence-electron chi connectivity index (χ3n) is 3.44. The van der Waals surface area contributed by atoms with Crippen molar-refractivity contribution in [2.24, 2.45) is 5.10 Å². The molecule has 0 saturated heterocycles. The molecule has 0 heterocycles. The van der Waals surface area contributed by atoms with Crippen molar-refractivity contribution in [3.63, 3.8) is 0 Å². The Kier molecular flexibility index (Phi) is 7.70. The van der Waals surface area contributed by atoms with Gasteiger partial charge in [0.1, 0.15) is 12.4 Å². The van der Waals surface area contributed by atoms with Gasteiger partial charge in [-0.05, 0) is 31.2 Å². The van der Waals surface area contributed by atoms with E-state index in [1.807, 2.05) is 6.07 Å². The molecule has 2 aromatic carbocycles. The lowest BCUT2D eigenvalue weighted by Crippen LogP contribution is -2.33. The van der Waals surface area contributed by atoms with E-state index in [9.17, 15) is 14.9 Å². The fourth-order valence-corrected chi connectivity index (χ4v) is 2.49. The van der Waals surface area contributed by atoms with Gasteiger partial charge < -0.3 is 9.47 Å². The molecule has 0 saturated carbocycles. The fraction of sp³-hybridized carbons (Fsp3) is 0.158. The summed E-state index contributed by atoms with van der Waals surface area (Å²) >= 11 is 3.36. The number of nitrogens with one attached hydrogen (secondary N) is 1. The Balaban J connectivity index is 2.03. The highest BCUT2D eigenvalue weighted by Gasteiger charge is 2.20. The monoisotopic (exact) mass is 447 g/mol. The van der Waals surface area contributed by atoms with Crippen LogP contribution in [0.15, 0.2) is 64.7 Å². The molecule has 0 aromatic heterocycles. The predicted molar refractivity (Wildman–Crippen MR) is 109 cm³/mol. The van der Waals surface area contributed by atoms with E-state index in [1.54, 1.807) is 24.3 Å². The zero-order valence-electron chi connectivity index (χ0n) is 15.0. The summed E-state index contributed by atoms with van der Waals surface area (Å²) in [5.74, 6) is 0.0227. The molecule has 146 valence electrons. The average molecular weight is 448 g/mol. The summed E-state index contributed by atoms with van der Waals surface area (Å²) in [5, 5.41) is 14.9. The van der Waals surface area contributed by atoms with Crippen LogP contribution in [0.25, 0.3) is 0 Å². The first-order chi connectivity index (χ1) is 13.4. The van der Waals surface area contributed by atoms with Gasteiger partial charge in [0.25, 0.3) is 5.91 Å². The zero-order chi connectivity index (χ0) is 20.5. The Morgan fingerprint density at radius 1 is 1.36 bits per heavy atom. The van der Waals surface area contributed by atoms with Gasteiger partial charge in [-0.2, -0.15) is 5.10 Å². The maximum atomic E-state index is 12.2. The van der Waals surface area contributed by atoms with Crippen molar-refractivity contribution in [2.75, 3.05) is 6.61 Å². The lowest BCUT2D eigenvalue weighted by Gasteiger charge is -2.13. The van der Waals surface area contributed by atoms with Crippen molar-refractivity contribution < 1.29 is 19.2 Å². The fourth-order valence-electron chi connectivity index (χ4n) is 2.11. The molecule has 2 rings (SSSR count). The minimum absolute atomic E-state index is 0.00577. The van der Waals surface area contributed by atoms with Crippen LogP contribution in [0.5, 0.6) is 11.5 Å². The summed E-state index contributed by atoms with van der Waals surface area (Å²) in [6.07, 6.45) is 2.06. The maximum Gasteiger partial charge on any atom is 0.310 e. The summed E-state index contributed by atoms with van der Waals surface area (Å²) < 4.78 is 11.7. The van der Waals surface area contributed by atoms with Gasteiger partial charge in [-0.1, -0.05) is 40.7 Å². The number of nitro groups is 1. The number of nitro benzene ring substituents is 1. The van der Waals surface area contributed by atoms with Crippen LogP contribution < -0.4 is 14.9 Å². The van der Waals surface area contributed by atoms with Gasteiger partial charge in [-0.25, -0.2) is 5.43 Å². The molecule has 0 aliphatic rings. The lowest BCUT2D eigenvalue weighted by atomic mass is 10.2. The third kappa shape index (κ3) is 5.92. The topological polar surface area (TPSA) is 103 Å². The van der Waals surface area contributed by atoms with Crippen LogP contribution in [0.3, 0.4) is 0 Å². The Hall–Kier alpha value is -3.20. The normalized spacial score (nSPS) is 11.6. The molecule has 9 heteroatoms. The Labute approximate surface area is 170 Å². The van der Waals surface area contributed by atoms with Crippen molar-refractivity contribution in [2.45, 2.75) is 13.0 Å². The summed E-state index contributed by atoms with van der Waals surface area (Å²) in [5.41, 5.74) is 2.77. The van der Waals surface area contributed by atoms with E-state index in [2.05, 4.69) is 33.0 Å². The Morgan fingerprint density at radius 2 is 2.11 bits per heavy atom. The van der Waals surface area contributed by atoms with Crippen LogP contribution in [-0.4, -0.2) is 29.8 Å². The van der Waals surface area contributed by atoms with E-state index < -0.39 is 16.9 Å². The van der Waals surface area contributed by atoms with Crippen LogP contribution in [0, 0.1) is 10.1 Å². The number of benzene rings is 2. The maximum absolute atomic E-state index is 12.2. The van der Waals surface area contributed by atoms with Gasteiger partial charge in [-0.3, -0.25) is 14.9 Å². The molecule has 0 aliphatic carbocycles. The standard InChI is InChI=1S/C19H18BrN3O5/c1-3-10-27-17-9-8-15(20)11-14(17)12-21-22-19(24)13(2)28-18-7-5-4-6-16(18)23(25)26/h3-9,11-13H,1,10H2,2H3,(H,22,24). The molecule has 0 radical (unpaired) electrons. The van der Waals surface area contributed by atoms with Crippen molar-refractivity contribution in [3.05, 3.63) is 75.3 Å². The Bertz CT molecular complexity index is 901. The van der Waals surface area contributed by atoms with E-state index in [-0.39, 0.29) is 11.4 Å². The third-order valence-corrected chi connectivity index (χ3v) is 3.94. The van der Waals surface area contributed by atoms with Crippen LogP contribution in [0.4, 0.5) is 5.69 Å². The lowest BCUT2D eigenvalue weighted by molar-refractivity contribution is -0.386. The first kappa shape index (κ1) is 21.1. The first-order valence-corrected chi connectivity index (χ1v) is 8.98. The molecule has 0 fully saturated rings. The zero-order valence-corrected chi connectivity index (χ0v) is 16.6. The van der Waals surface area contributed by atoms with Crippen molar-refractivity contribution in [3.8, 4) is 11.5 Å². The quantitative estimate of drug-likeness (QED) is 0.272. The second kappa shape index (κ2) is 10.2. The number of hydrazone groups is 1. The molecular weight excluding hydrogens is 430 g/mol. The molecule has 28 heavy (non-hydrogen) atoms. The summed E-state index contributed by atoms with van der Waals surface area (Å²) in [6, 6.07) is 11.2. The van der Waals surface area contributed by atoms with Crippen LogP contribution in [-0.2, 0) is 4.79 Å². The molecular formula is C19H18BrN3O5. The van der Waals surface area contributed by atoms with E-state index in [0.717, 1.165) is 4.47 Å². The van der Waals surface area contributed by atoms with Gasteiger partial charge in [0.15, 0.2) is 11.9 Å². The number of nitrogens with zero attached hydrogens (tertiary/aromatic N) is 2. The van der Waals surface area contributed by atoms with Gasteiger partial charge in [-0.15, -0.1) is 0 Å². The molecule has 0 aliphatic heterocycles. The number of hydrogen-bond donors (Lipinski definition) is 1. The van der Waals surface area contributed by atoms with E-state index in [4.69, 9.17) is 9.47 Å². The molecule has 1 amide bonds. The predicted octanol–water partition coefficient (Wildman–Crippen LogP) is 3.84. The average Bonchev–Trinajstić information content (AvgIpc) is 2.67. The minimum atomic E-state index is -0.989. The molecule has 1 atom stereocenters. The number of amides is 1. The van der Waals surface area contributed by atoms with Crippen LogP contribution >= 0.6 is 15.9 Å². The number of rotatable bonds is 9. The largest absolute Gasteiger partial charge is 0.489 e. The van der Waals surface area contributed by atoms with E-state index >= 15 is 0 Å². The van der Waals surface area contributed by atoms with E-state index in [1.165, 1.54) is 31.3 Å². The second-order valence-electron chi connectivity index (χ2n) is 5.50. The van der Waals surface area contributed by atoms with Gasteiger partial charge in [0.05, 0.1) is 11.1 Å². The van der Waals surface area contributed by atoms with Crippen molar-refractivity contribution in [1.82, 2.24) is 5.43 Å².